The molecule has 0 spiro atoms. The molecular weight excluding hydrogens is 272 g/mol. The number of anilines is 1. The fourth-order valence-electron chi connectivity index (χ4n) is 2.34. The van der Waals surface area contributed by atoms with Crippen molar-refractivity contribution >= 4 is 17.8 Å². The van der Waals surface area contributed by atoms with Gasteiger partial charge in [-0.1, -0.05) is 0 Å². The minimum Gasteiger partial charge on any atom is -0.465 e. The lowest BCUT2D eigenvalue weighted by atomic mass is 9.97. The second-order valence-corrected chi connectivity index (χ2v) is 4.86. The van der Waals surface area contributed by atoms with Crippen molar-refractivity contribution in [2.45, 2.75) is 19.8 Å². The number of ether oxygens (including phenoxy) is 1. The van der Waals surface area contributed by atoms with Crippen molar-refractivity contribution in [2.75, 3.05) is 31.1 Å². The van der Waals surface area contributed by atoms with E-state index in [1.54, 1.807) is 25.4 Å². The molecule has 1 aromatic rings. The van der Waals surface area contributed by atoms with Crippen molar-refractivity contribution in [2.24, 2.45) is 5.92 Å². The molecule has 1 saturated heterocycles. The van der Waals surface area contributed by atoms with Gasteiger partial charge >= 0.3 is 5.97 Å². The first kappa shape index (κ1) is 15.2. The molecule has 7 heteroatoms. The highest BCUT2D eigenvalue weighted by atomic mass is 16.5. The monoisotopic (exact) mass is 292 g/mol. The highest BCUT2D eigenvalue weighted by Crippen LogP contribution is 2.19. The predicted octanol–water partition coefficient (Wildman–Crippen LogP) is 0.372. The molecule has 1 atom stereocenters. The van der Waals surface area contributed by atoms with Gasteiger partial charge in [0.25, 0.3) is 0 Å². The minimum absolute atomic E-state index is 0.0784. The van der Waals surface area contributed by atoms with Crippen LogP contribution in [-0.4, -0.2) is 48.1 Å². The van der Waals surface area contributed by atoms with Gasteiger partial charge in [-0.25, -0.2) is 9.97 Å². The van der Waals surface area contributed by atoms with Crippen molar-refractivity contribution in [1.82, 2.24) is 15.3 Å². The minimum atomic E-state index is -0.412. The molecule has 0 aliphatic carbocycles. The molecule has 0 radical (unpaired) electrons. The van der Waals surface area contributed by atoms with Crippen LogP contribution in [0.3, 0.4) is 0 Å². The molecule has 1 aliphatic heterocycles. The molecule has 0 aromatic carbocycles. The zero-order chi connectivity index (χ0) is 15.1. The molecule has 1 fully saturated rings. The Morgan fingerprint density at radius 2 is 2.19 bits per heavy atom. The van der Waals surface area contributed by atoms with Gasteiger partial charge in [-0.05, 0) is 25.8 Å². The summed E-state index contributed by atoms with van der Waals surface area (Å²) in [6.07, 6.45) is 5.08. The highest BCUT2D eigenvalue weighted by molar-refractivity contribution is 5.84. The van der Waals surface area contributed by atoms with Crippen LogP contribution in [0.25, 0.3) is 0 Å². The third-order valence-electron chi connectivity index (χ3n) is 3.34. The number of hydrogen-bond donors (Lipinski definition) is 1. The molecule has 1 amide bonds. The van der Waals surface area contributed by atoms with Gasteiger partial charge in [0, 0.05) is 25.5 Å². The summed E-state index contributed by atoms with van der Waals surface area (Å²) in [6.45, 7) is 3.38. The van der Waals surface area contributed by atoms with Crippen LogP contribution in [0.2, 0.25) is 0 Å². The zero-order valence-corrected chi connectivity index (χ0v) is 12.1. The summed E-state index contributed by atoms with van der Waals surface area (Å²) in [5.41, 5.74) is 0. The van der Waals surface area contributed by atoms with Crippen molar-refractivity contribution in [1.29, 1.82) is 0 Å². The van der Waals surface area contributed by atoms with Crippen LogP contribution in [0.15, 0.2) is 18.5 Å². The highest BCUT2D eigenvalue weighted by Gasteiger charge is 2.27. The molecule has 0 bridgehead atoms. The first-order valence-electron chi connectivity index (χ1n) is 7.16. The lowest BCUT2D eigenvalue weighted by Gasteiger charge is -2.31. The van der Waals surface area contributed by atoms with Crippen molar-refractivity contribution in [3.63, 3.8) is 0 Å². The van der Waals surface area contributed by atoms with E-state index >= 15 is 0 Å². The van der Waals surface area contributed by atoms with E-state index in [1.807, 2.05) is 4.90 Å². The number of rotatable bonds is 5. The summed E-state index contributed by atoms with van der Waals surface area (Å²) in [5, 5.41) is 2.63. The molecule has 1 aromatic heterocycles. The smallest absolute Gasteiger partial charge is 0.325 e. The number of nitrogens with one attached hydrogen (secondary N) is 1. The average Bonchev–Trinajstić information content (AvgIpc) is 2.54. The molecule has 2 heterocycles. The fraction of sp³-hybridized carbons (Fsp3) is 0.571. The first-order chi connectivity index (χ1) is 10.2. The van der Waals surface area contributed by atoms with Gasteiger partial charge in [-0.2, -0.15) is 0 Å². The van der Waals surface area contributed by atoms with E-state index in [0.29, 0.717) is 19.1 Å². The molecule has 0 saturated carbocycles. The largest absolute Gasteiger partial charge is 0.465 e. The van der Waals surface area contributed by atoms with Crippen LogP contribution in [-0.2, 0) is 14.3 Å². The Morgan fingerprint density at radius 3 is 2.90 bits per heavy atom. The predicted molar refractivity (Wildman–Crippen MR) is 76.6 cm³/mol. The normalized spacial score (nSPS) is 18.1. The molecule has 0 unspecified atom stereocenters. The van der Waals surface area contributed by atoms with Crippen LogP contribution >= 0.6 is 0 Å². The molecular formula is C14H20N4O3. The Hall–Kier alpha value is -2.18. The van der Waals surface area contributed by atoms with Crippen LogP contribution in [0.1, 0.15) is 19.8 Å². The summed E-state index contributed by atoms with van der Waals surface area (Å²) in [6, 6.07) is 1.76. The Kier molecular flexibility index (Phi) is 5.48. The van der Waals surface area contributed by atoms with Crippen molar-refractivity contribution in [3.8, 4) is 0 Å². The van der Waals surface area contributed by atoms with Gasteiger partial charge in [0.2, 0.25) is 11.9 Å². The summed E-state index contributed by atoms with van der Waals surface area (Å²) in [7, 11) is 0. The third-order valence-corrected chi connectivity index (χ3v) is 3.34. The maximum atomic E-state index is 12.1. The first-order valence-corrected chi connectivity index (χ1v) is 7.16. The van der Waals surface area contributed by atoms with E-state index in [0.717, 1.165) is 19.4 Å². The average molecular weight is 292 g/mol. The Labute approximate surface area is 123 Å². The van der Waals surface area contributed by atoms with E-state index in [4.69, 9.17) is 4.74 Å². The number of carbonyl (C=O) groups excluding carboxylic acids is 2. The second kappa shape index (κ2) is 7.56. The Morgan fingerprint density at radius 1 is 1.43 bits per heavy atom. The number of hydrogen-bond acceptors (Lipinski definition) is 6. The van der Waals surface area contributed by atoms with Crippen LogP contribution in [0.5, 0.6) is 0 Å². The molecule has 1 aliphatic rings. The molecule has 114 valence electrons. The van der Waals surface area contributed by atoms with E-state index in [9.17, 15) is 9.59 Å². The lowest BCUT2D eigenvalue weighted by Crippen LogP contribution is -2.44. The van der Waals surface area contributed by atoms with Gasteiger partial charge in [0.15, 0.2) is 0 Å². The van der Waals surface area contributed by atoms with E-state index in [2.05, 4.69) is 15.3 Å². The summed E-state index contributed by atoms with van der Waals surface area (Å²) >= 11 is 0. The van der Waals surface area contributed by atoms with E-state index in [1.165, 1.54) is 0 Å². The maximum absolute atomic E-state index is 12.1. The standard InChI is InChI=1S/C14H20N4O3/c1-2-21-12(19)9-17-13(20)11-5-3-8-18(10-11)14-15-6-4-7-16-14/h4,6-7,11H,2-3,5,8-10H2,1H3,(H,17,20)/t11-/m0/s1. The zero-order valence-electron chi connectivity index (χ0n) is 12.1. The number of nitrogens with zero attached hydrogens (tertiary/aromatic N) is 3. The summed E-state index contributed by atoms with van der Waals surface area (Å²) in [4.78, 5) is 33.8. The van der Waals surface area contributed by atoms with Gasteiger partial charge in [0.05, 0.1) is 12.5 Å². The number of amides is 1. The van der Waals surface area contributed by atoms with Crippen molar-refractivity contribution in [3.05, 3.63) is 18.5 Å². The quantitative estimate of drug-likeness (QED) is 0.789. The van der Waals surface area contributed by atoms with E-state index < -0.39 is 5.97 Å². The van der Waals surface area contributed by atoms with Gasteiger partial charge in [-0.15, -0.1) is 0 Å². The number of aromatic nitrogens is 2. The molecule has 2 rings (SSSR count). The van der Waals surface area contributed by atoms with Gasteiger partial charge in [0.1, 0.15) is 6.54 Å². The molecule has 1 N–H and O–H groups in total. The second-order valence-electron chi connectivity index (χ2n) is 4.86. The number of carbonyl (C=O) groups is 2. The number of piperidine rings is 1. The van der Waals surface area contributed by atoms with Crippen molar-refractivity contribution < 1.29 is 14.3 Å². The topological polar surface area (TPSA) is 84.4 Å². The van der Waals surface area contributed by atoms with Crippen LogP contribution in [0, 0.1) is 5.92 Å². The van der Waals surface area contributed by atoms with Crippen LogP contribution < -0.4 is 10.2 Å². The Balaban J connectivity index is 1.86. The Bertz CT molecular complexity index is 480. The molecule has 21 heavy (non-hydrogen) atoms. The van der Waals surface area contributed by atoms with Gasteiger partial charge in [-0.3, -0.25) is 9.59 Å². The SMILES string of the molecule is CCOC(=O)CNC(=O)[C@H]1CCCN(c2ncccn2)C1. The van der Waals surface area contributed by atoms with E-state index in [-0.39, 0.29) is 18.4 Å². The van der Waals surface area contributed by atoms with Crippen LogP contribution in [0.4, 0.5) is 5.95 Å². The summed E-state index contributed by atoms with van der Waals surface area (Å²) in [5.74, 6) is -0.0500. The maximum Gasteiger partial charge on any atom is 0.325 e. The van der Waals surface area contributed by atoms with Gasteiger partial charge < -0.3 is 15.0 Å². The third kappa shape index (κ3) is 4.40. The summed E-state index contributed by atoms with van der Waals surface area (Å²) < 4.78 is 4.79. The fourth-order valence-corrected chi connectivity index (χ4v) is 2.34. The lowest BCUT2D eigenvalue weighted by molar-refractivity contribution is -0.143. The molecule has 7 nitrogen and oxygen atoms in total. The number of esters is 1.